The van der Waals surface area contributed by atoms with Crippen LogP contribution in [0.5, 0.6) is 0 Å². The third kappa shape index (κ3) is 36.1. The van der Waals surface area contributed by atoms with Crippen LogP contribution in [-0.4, -0.2) is 34.0 Å². The van der Waals surface area contributed by atoms with Gasteiger partial charge in [0.2, 0.25) is 0 Å². The Labute approximate surface area is 207 Å². The number of carboxylic acid groups (broad SMARTS) is 1. The van der Waals surface area contributed by atoms with Crippen molar-refractivity contribution in [1.29, 1.82) is 0 Å². The van der Waals surface area contributed by atoms with E-state index >= 15 is 0 Å². The molecule has 0 aromatic rings. The maximum atomic E-state index is 10.3. The van der Waals surface area contributed by atoms with Gasteiger partial charge in [-0.2, -0.15) is 0 Å². The predicted molar refractivity (Wildman–Crippen MR) is 143 cm³/mol. The van der Waals surface area contributed by atoms with Crippen LogP contribution in [0.3, 0.4) is 0 Å². The molecule has 0 saturated carbocycles. The molecule has 4 heteroatoms. The first-order valence-electron chi connectivity index (χ1n) is 14.6. The number of carbonyl (C=O) groups is 1. The first-order chi connectivity index (χ1) is 16.1. The molecule has 0 fully saturated rings. The van der Waals surface area contributed by atoms with Crippen molar-refractivity contribution in [2.24, 2.45) is 0 Å². The van der Waals surface area contributed by atoms with Gasteiger partial charge in [-0.25, -0.2) is 0 Å². The van der Waals surface area contributed by atoms with E-state index in [1.54, 1.807) is 0 Å². The van der Waals surface area contributed by atoms with Gasteiger partial charge in [-0.1, -0.05) is 136 Å². The van der Waals surface area contributed by atoms with Crippen LogP contribution in [0.4, 0.5) is 0 Å². The number of rotatable bonds is 25. The summed E-state index contributed by atoms with van der Waals surface area (Å²) in [6.07, 6.45) is 28.1. The summed E-state index contributed by atoms with van der Waals surface area (Å²) in [6.45, 7) is 4.83. The third-order valence-electron chi connectivity index (χ3n) is 6.33. The second-order valence-corrected chi connectivity index (χ2v) is 9.82. The molecule has 0 bridgehead atoms. The molecule has 0 aliphatic heterocycles. The summed E-state index contributed by atoms with van der Waals surface area (Å²) < 4.78 is 0. The van der Waals surface area contributed by atoms with E-state index in [1.165, 1.54) is 103 Å². The van der Waals surface area contributed by atoms with Crippen LogP contribution in [0, 0.1) is 0 Å². The highest BCUT2D eigenvalue weighted by atomic mass is 16.4. The molecule has 0 aliphatic carbocycles. The number of unbranched alkanes of at least 4 members (excludes halogenated alkanes) is 18. The van der Waals surface area contributed by atoms with Crippen molar-refractivity contribution in [2.45, 2.75) is 174 Å². The molecule has 0 aromatic heterocycles. The molecule has 0 spiro atoms. The molecule has 0 rings (SSSR count). The topological polar surface area (TPSA) is 77.8 Å². The molecule has 1 atom stereocenters. The van der Waals surface area contributed by atoms with E-state index in [-0.39, 0.29) is 6.10 Å². The first-order valence-corrected chi connectivity index (χ1v) is 14.6. The molecule has 33 heavy (non-hydrogen) atoms. The lowest BCUT2D eigenvalue weighted by atomic mass is 10.0. The fourth-order valence-corrected chi connectivity index (χ4v) is 4.09. The van der Waals surface area contributed by atoms with Crippen molar-refractivity contribution < 1.29 is 20.1 Å². The Kier molecular flexibility index (Phi) is 32.9. The number of aliphatic hydroxyl groups is 2. The zero-order chi connectivity index (χ0) is 24.8. The molecule has 0 saturated heterocycles. The van der Waals surface area contributed by atoms with E-state index in [2.05, 4.69) is 13.8 Å². The van der Waals surface area contributed by atoms with Gasteiger partial charge in [0, 0.05) is 13.0 Å². The van der Waals surface area contributed by atoms with Crippen molar-refractivity contribution in [1.82, 2.24) is 0 Å². The molecule has 200 valence electrons. The smallest absolute Gasteiger partial charge is 0.303 e. The quantitative estimate of drug-likeness (QED) is 0.116. The van der Waals surface area contributed by atoms with Gasteiger partial charge in [-0.05, 0) is 25.7 Å². The van der Waals surface area contributed by atoms with E-state index < -0.39 is 5.97 Å². The van der Waals surface area contributed by atoms with Gasteiger partial charge >= 0.3 is 5.97 Å². The number of aliphatic carboxylic acids is 1. The van der Waals surface area contributed by atoms with E-state index in [9.17, 15) is 9.90 Å². The highest BCUT2D eigenvalue weighted by Crippen LogP contribution is 2.14. The summed E-state index contributed by atoms with van der Waals surface area (Å²) in [6, 6.07) is 0. The summed E-state index contributed by atoms with van der Waals surface area (Å²) >= 11 is 0. The second kappa shape index (κ2) is 31.4. The van der Waals surface area contributed by atoms with Crippen LogP contribution in [0.1, 0.15) is 168 Å². The van der Waals surface area contributed by atoms with E-state index in [4.69, 9.17) is 10.2 Å². The van der Waals surface area contributed by atoms with Gasteiger partial charge in [0.05, 0.1) is 6.10 Å². The molecule has 0 heterocycles. The molecular formula is C29H60O4. The third-order valence-corrected chi connectivity index (χ3v) is 6.33. The number of carboxylic acids is 1. The van der Waals surface area contributed by atoms with Crippen LogP contribution >= 0.6 is 0 Å². The van der Waals surface area contributed by atoms with Crippen molar-refractivity contribution in [3.63, 3.8) is 0 Å². The molecule has 0 radical (unpaired) electrons. The van der Waals surface area contributed by atoms with Crippen LogP contribution in [0.25, 0.3) is 0 Å². The van der Waals surface area contributed by atoms with Gasteiger partial charge in [0.25, 0.3) is 0 Å². The molecule has 1 unspecified atom stereocenters. The first kappa shape index (κ1) is 34.6. The highest BCUT2D eigenvalue weighted by Gasteiger charge is 2.03. The molecule has 0 aromatic carbocycles. The molecular weight excluding hydrogens is 412 g/mol. The fourth-order valence-electron chi connectivity index (χ4n) is 4.09. The van der Waals surface area contributed by atoms with Crippen LogP contribution in [0.2, 0.25) is 0 Å². The molecule has 3 N–H and O–H groups in total. The molecule has 4 nitrogen and oxygen atoms in total. The molecule has 0 aliphatic rings. The maximum absolute atomic E-state index is 10.3. The Morgan fingerprint density at radius 3 is 1.27 bits per heavy atom. The van der Waals surface area contributed by atoms with Gasteiger partial charge in [-0.3, -0.25) is 4.79 Å². The average molecular weight is 473 g/mol. The van der Waals surface area contributed by atoms with E-state index in [0.29, 0.717) is 13.0 Å². The largest absolute Gasteiger partial charge is 0.481 e. The van der Waals surface area contributed by atoms with E-state index in [0.717, 1.165) is 44.9 Å². The normalized spacial score (nSPS) is 11.8. The minimum absolute atomic E-state index is 0.0853. The summed E-state index contributed by atoms with van der Waals surface area (Å²) in [7, 11) is 0. The maximum Gasteiger partial charge on any atom is 0.303 e. The Morgan fingerprint density at radius 1 is 0.545 bits per heavy atom. The lowest BCUT2D eigenvalue weighted by molar-refractivity contribution is -0.137. The minimum Gasteiger partial charge on any atom is -0.481 e. The number of hydrogen-bond donors (Lipinski definition) is 3. The van der Waals surface area contributed by atoms with Crippen LogP contribution in [0.15, 0.2) is 0 Å². The Balaban J connectivity index is 0. The van der Waals surface area contributed by atoms with Gasteiger partial charge in [0.15, 0.2) is 0 Å². The highest BCUT2D eigenvalue weighted by molar-refractivity contribution is 5.66. The monoisotopic (exact) mass is 472 g/mol. The van der Waals surface area contributed by atoms with Crippen LogP contribution in [-0.2, 0) is 4.79 Å². The Hall–Kier alpha value is -0.610. The van der Waals surface area contributed by atoms with Crippen molar-refractivity contribution in [2.75, 3.05) is 6.61 Å². The summed E-state index contributed by atoms with van der Waals surface area (Å²) in [5, 5.41) is 26.9. The van der Waals surface area contributed by atoms with Crippen LogP contribution < -0.4 is 0 Å². The Morgan fingerprint density at radius 2 is 0.879 bits per heavy atom. The summed E-state index contributed by atoms with van der Waals surface area (Å²) in [5.41, 5.74) is 0. The summed E-state index contributed by atoms with van der Waals surface area (Å²) in [5.74, 6) is -0.678. The van der Waals surface area contributed by atoms with Gasteiger partial charge < -0.3 is 15.3 Å². The van der Waals surface area contributed by atoms with Gasteiger partial charge in [-0.15, -0.1) is 0 Å². The number of hydrogen-bond acceptors (Lipinski definition) is 3. The van der Waals surface area contributed by atoms with E-state index in [1.807, 2.05) is 0 Å². The predicted octanol–water partition coefficient (Wildman–Crippen LogP) is 8.81. The van der Waals surface area contributed by atoms with Crippen molar-refractivity contribution in [3.05, 3.63) is 0 Å². The average Bonchev–Trinajstić information content (AvgIpc) is 2.80. The molecule has 0 amide bonds. The zero-order valence-electron chi connectivity index (χ0n) is 22.5. The van der Waals surface area contributed by atoms with Crippen molar-refractivity contribution in [3.8, 4) is 0 Å². The Bertz CT molecular complexity index is 350. The minimum atomic E-state index is -0.678. The fraction of sp³-hybridized carbons (Fsp3) is 0.966. The summed E-state index contributed by atoms with van der Waals surface area (Å²) in [4.78, 5) is 10.3. The van der Waals surface area contributed by atoms with Gasteiger partial charge in [0.1, 0.15) is 0 Å². The zero-order valence-corrected chi connectivity index (χ0v) is 22.5. The standard InChI is InChI=1S/C18H36O3.C11H24O/c1-2-3-4-11-14-17(19)15-12-9-7-5-6-8-10-13-16-18(20)21;1-2-3-4-5-6-7-8-9-10-11-12/h17,19H,2-16H2,1H3,(H,20,21);12H,2-11H2,1H3. The SMILES string of the molecule is CCCCCCC(O)CCCCCCCCCCC(=O)O.CCCCCCCCCCCO. The lowest BCUT2D eigenvalue weighted by Crippen LogP contribution is -2.05. The number of aliphatic hydroxyl groups excluding tert-OH is 2. The lowest BCUT2D eigenvalue weighted by Gasteiger charge is -2.10. The van der Waals surface area contributed by atoms with Crippen molar-refractivity contribution >= 4 is 5.97 Å². The second-order valence-electron chi connectivity index (χ2n) is 9.82.